The second-order valence-corrected chi connectivity index (χ2v) is 6.94. The predicted octanol–water partition coefficient (Wildman–Crippen LogP) is 1.84. The van der Waals surface area contributed by atoms with Crippen molar-refractivity contribution in [3.8, 4) is 0 Å². The minimum Gasteiger partial charge on any atom is -0.340 e. The number of aromatic nitrogens is 1. The molecule has 0 saturated heterocycles. The largest absolute Gasteiger partial charge is 0.340 e. The Morgan fingerprint density at radius 1 is 1.10 bits per heavy atom. The molecule has 1 aliphatic rings. The van der Waals surface area contributed by atoms with Crippen LogP contribution in [0, 0.1) is 0 Å². The van der Waals surface area contributed by atoms with Crippen molar-refractivity contribution in [1.82, 2.24) is 15.8 Å². The molecule has 2 heterocycles. The van der Waals surface area contributed by atoms with Crippen molar-refractivity contribution < 1.29 is 19.6 Å². The van der Waals surface area contributed by atoms with E-state index in [-0.39, 0.29) is 18.2 Å². The number of pyridine rings is 1. The fourth-order valence-corrected chi connectivity index (χ4v) is 3.42. The van der Waals surface area contributed by atoms with Gasteiger partial charge in [0, 0.05) is 31.8 Å². The first-order valence-electron chi connectivity index (χ1n) is 9.63. The van der Waals surface area contributed by atoms with Crippen molar-refractivity contribution in [1.29, 1.82) is 0 Å². The molecule has 0 saturated carbocycles. The number of anilines is 1. The lowest BCUT2D eigenvalue weighted by Crippen LogP contribution is -2.47. The normalized spacial score (nSPS) is 16.0. The molecule has 0 fully saturated rings. The van der Waals surface area contributed by atoms with Gasteiger partial charge in [0.25, 0.3) is 5.91 Å². The van der Waals surface area contributed by atoms with Gasteiger partial charge in [-0.15, -0.1) is 0 Å². The van der Waals surface area contributed by atoms with E-state index in [4.69, 9.17) is 5.21 Å². The van der Waals surface area contributed by atoms with Crippen LogP contribution in [0.4, 0.5) is 5.69 Å². The van der Waals surface area contributed by atoms with Gasteiger partial charge in [-0.25, -0.2) is 5.48 Å². The maximum absolute atomic E-state index is 13.3. The molecule has 0 spiro atoms. The molecule has 1 atom stereocenters. The Labute approximate surface area is 168 Å². The molecule has 1 aromatic heterocycles. The highest BCUT2D eigenvalue weighted by molar-refractivity contribution is 6.11. The maximum atomic E-state index is 13.3. The highest BCUT2D eigenvalue weighted by atomic mass is 16.5. The number of nitrogens with one attached hydrogen (secondary N) is 2. The average Bonchev–Trinajstić information content (AvgIpc) is 2.84. The van der Waals surface area contributed by atoms with Gasteiger partial charge < -0.3 is 10.2 Å². The van der Waals surface area contributed by atoms with Crippen LogP contribution >= 0.6 is 0 Å². The minimum atomic E-state index is -0.669. The Morgan fingerprint density at radius 2 is 1.86 bits per heavy atom. The lowest BCUT2D eigenvalue weighted by Gasteiger charge is -2.25. The van der Waals surface area contributed by atoms with Crippen LogP contribution in [0.25, 0.3) is 0 Å². The van der Waals surface area contributed by atoms with Crippen LogP contribution in [0.15, 0.2) is 48.8 Å². The number of nitrogens with zero attached hydrogens (tertiary/aromatic N) is 2. The maximum Gasteiger partial charge on any atom is 0.254 e. The zero-order valence-corrected chi connectivity index (χ0v) is 16.0. The lowest BCUT2D eigenvalue weighted by atomic mass is 10.1. The highest BCUT2D eigenvalue weighted by Crippen LogP contribution is 2.25. The lowest BCUT2D eigenvalue weighted by molar-refractivity contribution is -0.129. The number of unbranched alkanes of at least 4 members (excludes halogenated alkanes) is 2. The number of hydrogen-bond donors (Lipinski definition) is 3. The number of para-hydroxylation sites is 1. The van der Waals surface area contributed by atoms with Gasteiger partial charge >= 0.3 is 0 Å². The predicted molar refractivity (Wildman–Crippen MR) is 106 cm³/mol. The van der Waals surface area contributed by atoms with Crippen molar-refractivity contribution in [2.45, 2.75) is 38.1 Å². The van der Waals surface area contributed by atoms with Gasteiger partial charge in [0.05, 0.1) is 11.3 Å². The zero-order valence-electron chi connectivity index (χ0n) is 16.0. The molecule has 1 aliphatic heterocycles. The van der Waals surface area contributed by atoms with E-state index in [1.807, 2.05) is 12.1 Å². The van der Waals surface area contributed by atoms with Crippen molar-refractivity contribution >= 4 is 23.4 Å². The Kier molecular flexibility index (Phi) is 6.91. The molecular formula is C21H24N4O4. The van der Waals surface area contributed by atoms with Gasteiger partial charge in [-0.2, -0.15) is 0 Å². The molecular weight excluding hydrogens is 372 g/mol. The van der Waals surface area contributed by atoms with E-state index < -0.39 is 11.9 Å². The summed E-state index contributed by atoms with van der Waals surface area (Å²) >= 11 is 0. The number of carbonyl (C=O) groups is 3. The van der Waals surface area contributed by atoms with Crippen molar-refractivity contribution in [3.05, 3.63) is 59.9 Å². The average molecular weight is 396 g/mol. The van der Waals surface area contributed by atoms with Gasteiger partial charge in [0.15, 0.2) is 0 Å². The van der Waals surface area contributed by atoms with E-state index in [2.05, 4.69) is 10.3 Å². The first-order chi connectivity index (χ1) is 14.1. The number of benzene rings is 1. The van der Waals surface area contributed by atoms with E-state index in [1.165, 1.54) is 0 Å². The van der Waals surface area contributed by atoms with Gasteiger partial charge in [-0.1, -0.05) is 18.6 Å². The van der Waals surface area contributed by atoms with E-state index in [0.29, 0.717) is 37.1 Å². The zero-order chi connectivity index (χ0) is 20.6. The topological polar surface area (TPSA) is 112 Å². The van der Waals surface area contributed by atoms with Crippen LogP contribution in [0.1, 0.15) is 41.6 Å². The van der Waals surface area contributed by atoms with Crippen LogP contribution in [0.5, 0.6) is 0 Å². The van der Waals surface area contributed by atoms with Gasteiger partial charge in [0.1, 0.15) is 6.04 Å². The summed E-state index contributed by atoms with van der Waals surface area (Å²) in [6, 6.07) is 10.1. The summed E-state index contributed by atoms with van der Waals surface area (Å²) in [5, 5.41) is 11.4. The van der Waals surface area contributed by atoms with E-state index in [1.54, 1.807) is 47.0 Å². The van der Waals surface area contributed by atoms with Crippen LogP contribution in [-0.4, -0.2) is 40.5 Å². The summed E-state index contributed by atoms with van der Waals surface area (Å²) in [7, 11) is 0. The molecule has 29 heavy (non-hydrogen) atoms. The summed E-state index contributed by atoms with van der Waals surface area (Å²) in [5.41, 5.74) is 3.60. The summed E-state index contributed by atoms with van der Waals surface area (Å²) < 4.78 is 0. The van der Waals surface area contributed by atoms with Crippen molar-refractivity contribution in [2.75, 3.05) is 11.4 Å². The molecule has 152 valence electrons. The van der Waals surface area contributed by atoms with E-state index in [9.17, 15) is 14.4 Å². The second-order valence-electron chi connectivity index (χ2n) is 6.94. The smallest absolute Gasteiger partial charge is 0.254 e. The van der Waals surface area contributed by atoms with E-state index in [0.717, 1.165) is 12.0 Å². The Balaban J connectivity index is 1.75. The summed E-state index contributed by atoms with van der Waals surface area (Å²) in [6.07, 6.45) is 5.93. The standard InChI is InChI=1S/C21H24N4O4/c26-19(24-29)8-2-1-5-13-25-18-7-4-3-6-16(18)20(27)23-17(21(25)28)14-15-9-11-22-12-10-15/h3-4,6-7,9-12,17,29H,1-2,5,8,13-14H2,(H,23,27)(H,24,26)/t17-/m1/s1. The molecule has 3 amide bonds. The SMILES string of the molecule is O=C(CCCCCN1C(=O)[C@@H](Cc2ccncc2)NC(=O)c2ccccc21)NO. The van der Waals surface area contributed by atoms with Gasteiger partial charge in [0.2, 0.25) is 11.8 Å². The van der Waals surface area contributed by atoms with Crippen LogP contribution < -0.4 is 15.7 Å². The number of amides is 3. The number of fused-ring (bicyclic) bond motifs is 1. The van der Waals surface area contributed by atoms with Gasteiger partial charge in [-0.3, -0.25) is 24.6 Å². The molecule has 0 bridgehead atoms. The third-order valence-electron chi connectivity index (χ3n) is 4.91. The van der Waals surface area contributed by atoms with Crippen LogP contribution in [-0.2, 0) is 16.0 Å². The molecule has 3 rings (SSSR count). The molecule has 0 aliphatic carbocycles. The third-order valence-corrected chi connectivity index (χ3v) is 4.91. The first-order valence-corrected chi connectivity index (χ1v) is 9.63. The van der Waals surface area contributed by atoms with Crippen LogP contribution in [0.3, 0.4) is 0 Å². The van der Waals surface area contributed by atoms with Crippen molar-refractivity contribution in [3.63, 3.8) is 0 Å². The Morgan fingerprint density at radius 3 is 2.62 bits per heavy atom. The molecule has 3 N–H and O–H groups in total. The molecule has 1 aromatic carbocycles. The Bertz CT molecular complexity index is 872. The number of rotatable bonds is 8. The molecule has 2 aromatic rings. The molecule has 8 nitrogen and oxygen atoms in total. The third kappa shape index (κ3) is 5.17. The fourth-order valence-electron chi connectivity index (χ4n) is 3.42. The number of carbonyl (C=O) groups excluding carboxylic acids is 3. The molecule has 0 unspecified atom stereocenters. The fraction of sp³-hybridized carbons (Fsp3) is 0.333. The van der Waals surface area contributed by atoms with Gasteiger partial charge in [-0.05, 0) is 42.7 Å². The monoisotopic (exact) mass is 396 g/mol. The summed E-state index contributed by atoms with van der Waals surface area (Å²) in [6.45, 7) is 0.443. The molecule has 0 radical (unpaired) electrons. The summed E-state index contributed by atoms with van der Waals surface area (Å²) in [4.78, 5) is 42.7. The second kappa shape index (κ2) is 9.79. The number of hydrogen-bond acceptors (Lipinski definition) is 5. The Hall–Kier alpha value is -3.26. The first kappa shape index (κ1) is 20.5. The highest BCUT2D eigenvalue weighted by Gasteiger charge is 2.33. The molecule has 8 heteroatoms. The van der Waals surface area contributed by atoms with Crippen LogP contribution in [0.2, 0.25) is 0 Å². The van der Waals surface area contributed by atoms with Crippen molar-refractivity contribution in [2.24, 2.45) is 0 Å². The minimum absolute atomic E-state index is 0.159. The number of hydroxylamine groups is 1. The quantitative estimate of drug-likeness (QED) is 0.358. The van der Waals surface area contributed by atoms with E-state index >= 15 is 0 Å². The summed E-state index contributed by atoms with van der Waals surface area (Å²) in [5.74, 6) is -0.850.